The molecule has 242 valence electrons. The van der Waals surface area contributed by atoms with Crippen molar-refractivity contribution in [3.8, 4) is 5.75 Å². The molecule has 4 aromatic carbocycles. The molecule has 0 unspecified atom stereocenters. The van der Waals surface area contributed by atoms with E-state index in [0.717, 1.165) is 15.4 Å². The minimum atomic E-state index is -4.31. The molecule has 0 spiro atoms. The Labute approximate surface area is 280 Å². The van der Waals surface area contributed by atoms with Crippen LogP contribution < -0.4 is 14.4 Å². The molecule has 0 radical (unpaired) electrons. The van der Waals surface area contributed by atoms with Crippen molar-refractivity contribution < 1.29 is 22.7 Å². The standard InChI is InChI=1S/C35H37Cl2N3O5S/c1-3-22-38-35(42)32(23-26-10-6-5-7-11-26)39(24-27-14-16-28(36)17-15-27)34(41)25-40(31-12-8-9-13-33(31)45-4-2)46(43,44)30-20-18-29(37)19-21-30/h5-21,32H,3-4,22-25H2,1-2H3,(H,38,42)/t32-/m0/s1. The first kappa shape index (κ1) is 34.8. The molecule has 0 fully saturated rings. The van der Waals surface area contributed by atoms with Gasteiger partial charge in [-0.3, -0.25) is 13.9 Å². The zero-order valence-corrected chi connectivity index (χ0v) is 28.1. The molecule has 8 nitrogen and oxygen atoms in total. The molecule has 0 heterocycles. The van der Waals surface area contributed by atoms with Gasteiger partial charge in [-0.25, -0.2) is 8.42 Å². The monoisotopic (exact) mass is 681 g/mol. The van der Waals surface area contributed by atoms with Gasteiger partial charge in [0.25, 0.3) is 10.0 Å². The van der Waals surface area contributed by atoms with E-state index in [1.165, 1.54) is 29.2 Å². The Morgan fingerprint density at radius 3 is 2.04 bits per heavy atom. The minimum absolute atomic E-state index is 0.0367. The molecule has 4 rings (SSSR count). The van der Waals surface area contributed by atoms with Crippen LogP contribution in [0.4, 0.5) is 5.69 Å². The van der Waals surface area contributed by atoms with Crippen LogP contribution in [0.2, 0.25) is 10.0 Å². The number of benzene rings is 4. The summed E-state index contributed by atoms with van der Waals surface area (Å²) in [7, 11) is -4.31. The maximum Gasteiger partial charge on any atom is 0.264 e. The number of carbonyl (C=O) groups excluding carboxylic acids is 2. The number of rotatable bonds is 15. The number of nitrogens with zero attached hydrogens (tertiary/aromatic N) is 2. The predicted molar refractivity (Wildman–Crippen MR) is 183 cm³/mol. The van der Waals surface area contributed by atoms with Gasteiger partial charge in [0.05, 0.1) is 17.2 Å². The van der Waals surface area contributed by atoms with Gasteiger partial charge in [-0.15, -0.1) is 0 Å². The Morgan fingerprint density at radius 1 is 0.804 bits per heavy atom. The lowest BCUT2D eigenvalue weighted by Gasteiger charge is -2.34. The molecule has 0 saturated carbocycles. The van der Waals surface area contributed by atoms with Crippen molar-refractivity contribution in [2.24, 2.45) is 0 Å². The van der Waals surface area contributed by atoms with Crippen LogP contribution in [0.25, 0.3) is 0 Å². The summed E-state index contributed by atoms with van der Waals surface area (Å²) in [6, 6.07) is 27.8. The molecule has 0 bridgehead atoms. The summed E-state index contributed by atoms with van der Waals surface area (Å²) in [6.07, 6.45) is 0.922. The van der Waals surface area contributed by atoms with Crippen molar-refractivity contribution in [3.05, 3.63) is 124 Å². The minimum Gasteiger partial charge on any atom is -0.492 e. The quantitative estimate of drug-likeness (QED) is 0.150. The van der Waals surface area contributed by atoms with E-state index in [1.54, 1.807) is 55.5 Å². The molecule has 11 heteroatoms. The zero-order chi connectivity index (χ0) is 33.1. The van der Waals surface area contributed by atoms with E-state index in [2.05, 4.69) is 5.32 Å². The molecular weight excluding hydrogens is 645 g/mol. The van der Waals surface area contributed by atoms with Crippen LogP contribution >= 0.6 is 23.2 Å². The third-order valence-electron chi connectivity index (χ3n) is 7.20. The molecule has 0 aliphatic rings. The summed E-state index contributed by atoms with van der Waals surface area (Å²) in [5, 5.41) is 3.83. The Bertz CT molecular complexity index is 1700. The second kappa shape index (κ2) is 16.5. The summed E-state index contributed by atoms with van der Waals surface area (Å²) >= 11 is 12.2. The third kappa shape index (κ3) is 9.02. The maximum atomic E-state index is 14.6. The summed E-state index contributed by atoms with van der Waals surface area (Å²) in [5.74, 6) is -0.623. The van der Waals surface area contributed by atoms with Crippen LogP contribution in [-0.4, -0.2) is 50.9 Å². The van der Waals surface area contributed by atoms with Gasteiger partial charge in [-0.05, 0) is 73.0 Å². The Kier molecular flexibility index (Phi) is 12.5. The lowest BCUT2D eigenvalue weighted by Crippen LogP contribution is -2.53. The predicted octanol–water partition coefficient (Wildman–Crippen LogP) is 6.75. The maximum absolute atomic E-state index is 14.6. The molecule has 4 aromatic rings. The molecule has 0 aliphatic carbocycles. The van der Waals surface area contributed by atoms with Crippen molar-refractivity contribution in [3.63, 3.8) is 0 Å². The van der Waals surface area contributed by atoms with E-state index in [4.69, 9.17) is 27.9 Å². The van der Waals surface area contributed by atoms with Crippen molar-refractivity contribution in [2.45, 2.75) is 44.2 Å². The lowest BCUT2D eigenvalue weighted by molar-refractivity contribution is -0.140. The number of anilines is 1. The summed E-state index contributed by atoms with van der Waals surface area (Å²) < 4.78 is 35.3. The van der Waals surface area contributed by atoms with E-state index in [1.807, 2.05) is 37.3 Å². The van der Waals surface area contributed by atoms with Crippen LogP contribution in [0.15, 0.2) is 108 Å². The van der Waals surface area contributed by atoms with Crippen LogP contribution in [-0.2, 0) is 32.6 Å². The van der Waals surface area contributed by atoms with E-state index in [0.29, 0.717) is 28.8 Å². The number of sulfonamides is 1. The Morgan fingerprint density at radius 2 is 1.41 bits per heavy atom. The van der Waals surface area contributed by atoms with Crippen LogP contribution in [0, 0.1) is 0 Å². The molecule has 1 N–H and O–H groups in total. The topological polar surface area (TPSA) is 96.0 Å². The molecule has 2 amide bonds. The number of amides is 2. The molecule has 46 heavy (non-hydrogen) atoms. The van der Waals surface area contributed by atoms with Gasteiger partial charge in [-0.1, -0.05) is 84.7 Å². The van der Waals surface area contributed by atoms with Gasteiger partial charge in [-0.2, -0.15) is 0 Å². The fourth-order valence-electron chi connectivity index (χ4n) is 4.89. The molecular formula is C35H37Cl2N3O5S. The van der Waals surface area contributed by atoms with Crippen molar-refractivity contribution >= 4 is 50.7 Å². The number of carbonyl (C=O) groups is 2. The van der Waals surface area contributed by atoms with E-state index in [9.17, 15) is 18.0 Å². The fraction of sp³-hybridized carbons (Fsp3) is 0.257. The number of hydrogen-bond acceptors (Lipinski definition) is 5. The van der Waals surface area contributed by atoms with Gasteiger partial charge >= 0.3 is 0 Å². The first-order valence-corrected chi connectivity index (χ1v) is 17.2. The first-order chi connectivity index (χ1) is 22.1. The summed E-state index contributed by atoms with van der Waals surface area (Å²) in [5.41, 5.74) is 1.76. The SMILES string of the molecule is CCCNC(=O)[C@H](Cc1ccccc1)N(Cc1ccc(Cl)cc1)C(=O)CN(c1ccccc1OCC)S(=O)(=O)c1ccc(Cl)cc1. The average Bonchev–Trinajstić information content (AvgIpc) is 3.06. The number of para-hydroxylation sites is 2. The van der Waals surface area contributed by atoms with Crippen LogP contribution in [0.1, 0.15) is 31.4 Å². The zero-order valence-electron chi connectivity index (χ0n) is 25.7. The normalized spacial score (nSPS) is 11.8. The van der Waals surface area contributed by atoms with Crippen molar-refractivity contribution in [2.75, 3.05) is 24.0 Å². The summed E-state index contributed by atoms with van der Waals surface area (Å²) in [6.45, 7) is 3.87. The Balaban J connectivity index is 1.82. The number of hydrogen-bond donors (Lipinski definition) is 1. The first-order valence-electron chi connectivity index (χ1n) is 15.0. The van der Waals surface area contributed by atoms with Gasteiger partial charge in [0.2, 0.25) is 11.8 Å². The average molecular weight is 683 g/mol. The van der Waals surface area contributed by atoms with E-state index in [-0.39, 0.29) is 36.1 Å². The van der Waals surface area contributed by atoms with Gasteiger partial charge in [0.15, 0.2) is 0 Å². The second-order valence-corrected chi connectivity index (χ2v) is 13.2. The highest BCUT2D eigenvalue weighted by Gasteiger charge is 2.35. The van der Waals surface area contributed by atoms with Crippen LogP contribution in [0.5, 0.6) is 5.75 Å². The van der Waals surface area contributed by atoms with Crippen molar-refractivity contribution in [1.29, 1.82) is 0 Å². The number of ether oxygens (including phenoxy) is 1. The highest BCUT2D eigenvalue weighted by molar-refractivity contribution is 7.92. The Hall–Kier alpha value is -4.05. The molecule has 0 aliphatic heterocycles. The van der Waals surface area contributed by atoms with E-state index >= 15 is 0 Å². The highest BCUT2D eigenvalue weighted by atomic mass is 35.5. The van der Waals surface area contributed by atoms with Gasteiger partial charge in [0.1, 0.15) is 18.3 Å². The smallest absolute Gasteiger partial charge is 0.264 e. The molecule has 1 atom stereocenters. The summed E-state index contributed by atoms with van der Waals surface area (Å²) in [4.78, 5) is 29.7. The third-order valence-corrected chi connectivity index (χ3v) is 9.48. The van der Waals surface area contributed by atoms with Gasteiger partial charge < -0.3 is 15.0 Å². The van der Waals surface area contributed by atoms with Crippen molar-refractivity contribution in [1.82, 2.24) is 10.2 Å². The van der Waals surface area contributed by atoms with Crippen LogP contribution in [0.3, 0.4) is 0 Å². The second-order valence-electron chi connectivity index (χ2n) is 10.5. The largest absolute Gasteiger partial charge is 0.492 e. The van der Waals surface area contributed by atoms with E-state index < -0.39 is 28.5 Å². The van der Waals surface area contributed by atoms with Gasteiger partial charge in [0, 0.05) is 29.6 Å². The number of nitrogens with one attached hydrogen (secondary N) is 1. The fourth-order valence-corrected chi connectivity index (χ4v) is 6.57. The molecule has 0 aromatic heterocycles. The molecule has 0 saturated heterocycles. The number of halogens is 2. The highest BCUT2D eigenvalue weighted by Crippen LogP contribution is 2.33. The lowest BCUT2D eigenvalue weighted by atomic mass is 10.0.